The largest absolute Gasteiger partial charge is 0.462 e. The zero-order valence-corrected chi connectivity index (χ0v) is 80.2. The maximum absolute atomic E-state index is 13.3. The van der Waals surface area contributed by atoms with Gasteiger partial charge in [-0.15, -0.1) is 0 Å². The average molecular weight is 1830 g/mol. The number of aliphatic hydroxyl groups is 1. The zero-order valence-electron chi connectivity index (χ0n) is 80.2. The van der Waals surface area contributed by atoms with Gasteiger partial charge in [-0.05, 0) is 416 Å². The van der Waals surface area contributed by atoms with Crippen LogP contribution in [0.15, 0.2) is 0 Å². The Hall–Kier alpha value is -2.77. The predicted octanol–water partition coefficient (Wildman–Crippen LogP) is 31.4. The van der Waals surface area contributed by atoms with Gasteiger partial charge in [0.15, 0.2) is 6.29 Å². The minimum Gasteiger partial charge on any atom is -0.462 e. The SMILES string of the molecule is C.C.C.C.C.C.C.C.CCC1CC(CC)C2C3CC(CC3C(C)C(=O)OC3(CC)CCCCC3)C12.CCC1CC(CC)C2C3CC(CC3C(CC(=O)OC3(CC)CCCC3)OC(C)=O)C12.CCC1CC(CC)C2C3CC(CC3C(CC(=O)OC3(CC)CCCC3)OC3CCCCO3)C12.CCC1CC(CC)C2C3CC(CC3CC(C)(O)CC(=O)OC3(C4CCCC4)CCCC3)C12. The Morgan fingerprint density at radius 1 is 0.369 bits per heavy atom. The second kappa shape index (κ2) is 49.4. The highest BCUT2D eigenvalue weighted by Crippen LogP contribution is 2.71. The lowest BCUT2D eigenvalue weighted by molar-refractivity contribution is -0.210. The van der Waals surface area contributed by atoms with E-state index in [9.17, 15) is 29.1 Å². The van der Waals surface area contributed by atoms with Crippen molar-refractivity contribution >= 4 is 29.8 Å². The third-order valence-electron chi connectivity index (χ3n) is 41.1. The van der Waals surface area contributed by atoms with E-state index in [2.05, 4.69) is 83.1 Å². The van der Waals surface area contributed by atoms with Crippen molar-refractivity contribution in [1.82, 2.24) is 0 Å². The van der Waals surface area contributed by atoms with Gasteiger partial charge in [0, 0.05) is 13.5 Å². The number of rotatable bonds is 31. The minimum atomic E-state index is -0.929. The Kier molecular flexibility index (Phi) is 43.4. The third kappa shape index (κ3) is 23.6. The van der Waals surface area contributed by atoms with Crippen LogP contribution >= 0.6 is 0 Å². The van der Waals surface area contributed by atoms with Crippen LogP contribution in [0.25, 0.3) is 0 Å². The highest BCUT2D eigenvalue weighted by molar-refractivity contribution is 5.74. The number of hydrogen-bond donors (Lipinski definition) is 1. The second-order valence-electron chi connectivity index (χ2n) is 46.6. The van der Waals surface area contributed by atoms with Gasteiger partial charge < -0.3 is 38.3 Å². The molecule has 0 aromatic heterocycles. The van der Waals surface area contributed by atoms with E-state index < -0.39 is 5.60 Å². The van der Waals surface area contributed by atoms with Crippen molar-refractivity contribution in [2.24, 2.45) is 178 Å². The normalized spacial score (nSPS) is 39.4. The zero-order chi connectivity index (χ0) is 86.2. The van der Waals surface area contributed by atoms with E-state index in [1.54, 1.807) is 0 Å². The number of carbonyl (C=O) groups excluding carboxylic acids is 5. The Morgan fingerprint density at radius 3 is 1.12 bits per heavy atom. The summed E-state index contributed by atoms with van der Waals surface area (Å²) in [5.74, 6) is 22.9. The maximum Gasteiger partial charge on any atom is 0.310 e. The summed E-state index contributed by atoms with van der Waals surface area (Å²) >= 11 is 0. The number of hydrogen-bond acceptors (Lipinski definition) is 13. The summed E-state index contributed by atoms with van der Waals surface area (Å²) in [5, 5.41) is 11.4. The lowest BCUT2D eigenvalue weighted by atomic mass is 9.67. The molecule has 0 radical (unpaired) electrons. The molecule has 13 heteroatoms. The van der Waals surface area contributed by atoms with Crippen molar-refractivity contribution < 1.29 is 62.2 Å². The first kappa shape index (κ1) is 114. The molecular weight excluding hydrogens is 1610 g/mol. The van der Waals surface area contributed by atoms with E-state index in [1.807, 2.05) is 6.92 Å². The molecule has 1 aliphatic heterocycles. The Morgan fingerprint density at radius 2 is 0.715 bits per heavy atom. The molecule has 758 valence electrons. The van der Waals surface area contributed by atoms with Gasteiger partial charge >= 0.3 is 29.8 Å². The Balaban J connectivity index is 0.000000233. The van der Waals surface area contributed by atoms with Gasteiger partial charge in [-0.25, -0.2) is 0 Å². The fraction of sp³-hybridized carbons (Fsp3) is 0.957. The molecule has 18 fully saturated rings. The smallest absolute Gasteiger partial charge is 0.310 e. The number of ether oxygens (including phenoxy) is 7. The van der Waals surface area contributed by atoms with Crippen LogP contribution in [0.4, 0.5) is 0 Å². The molecule has 13 nitrogen and oxygen atoms in total. The van der Waals surface area contributed by atoms with E-state index in [-0.39, 0.29) is 149 Å². The van der Waals surface area contributed by atoms with Crippen LogP contribution in [0.3, 0.4) is 0 Å². The van der Waals surface area contributed by atoms with Crippen molar-refractivity contribution in [2.45, 2.75) is 530 Å². The van der Waals surface area contributed by atoms with Crippen molar-refractivity contribution in [2.75, 3.05) is 6.61 Å². The standard InChI is InChI=1S/C29H48O4.C29H48O3.C26H42O4.C25H42O2.8CH4/c1-4-19-15-20(5-2)28-23-17-21(27(19)28)16-22(23)24(32-26-11-7-10-14-31-26)18-25(30)33-29(6-3)12-8-9-13-29;1-4-19-14-20(5-2)27-24-16-21(26(19)27)15-22(24)17-28(3,31)18-25(30)32-29(12-8-9-13-29)23-10-6-7-11-23;1-5-17-12-18(6-2)25-21-14-19(24(17)25)13-20(21)22(29-16(4)27)15-23(28)30-26(7-3)10-8-9-11-26;1-5-17-13-18(6-2)23-21-15-19(22(17)23)14-20(21)16(4)24(26)27-25(7-3)11-9-8-10-12-25;;;;;;;;/h19-24,26-28H,4-18H2,1-3H3;19-24,26-27,31H,4-18H2,1-3H3;17-22,24-25H,5-15H2,1-4H3;16-23H,5-15H2,1-4H3;8*1H4. The molecule has 33 unspecified atom stereocenters. The van der Waals surface area contributed by atoms with Crippen LogP contribution < -0.4 is 0 Å². The highest BCUT2D eigenvalue weighted by Gasteiger charge is 2.66. The minimum absolute atomic E-state index is 0. The van der Waals surface area contributed by atoms with Crippen molar-refractivity contribution in [3.63, 3.8) is 0 Å². The Labute approximate surface area is 801 Å². The van der Waals surface area contributed by atoms with Gasteiger partial charge in [0.25, 0.3) is 0 Å². The van der Waals surface area contributed by atoms with Crippen molar-refractivity contribution in [3.05, 3.63) is 0 Å². The summed E-state index contributed by atoms with van der Waals surface area (Å²) in [5.41, 5.74) is -1.77. The first-order chi connectivity index (χ1) is 58.9. The van der Waals surface area contributed by atoms with Crippen LogP contribution in [0, 0.1) is 178 Å². The molecule has 0 spiro atoms. The molecule has 18 aliphatic rings. The lowest BCUT2D eigenvalue weighted by Gasteiger charge is -2.40. The molecule has 0 aromatic carbocycles. The van der Waals surface area contributed by atoms with Crippen molar-refractivity contribution in [1.29, 1.82) is 0 Å². The highest BCUT2D eigenvalue weighted by atomic mass is 16.7. The maximum atomic E-state index is 13.3. The van der Waals surface area contributed by atoms with Crippen LogP contribution in [-0.2, 0) is 57.1 Å². The van der Waals surface area contributed by atoms with Gasteiger partial charge in [-0.3, -0.25) is 24.0 Å². The van der Waals surface area contributed by atoms with Gasteiger partial charge in [-0.1, -0.05) is 213 Å². The molecule has 0 aromatic rings. The lowest BCUT2D eigenvalue weighted by Crippen LogP contribution is -2.42. The molecule has 18 rings (SSSR count). The molecule has 1 N–H and O–H groups in total. The molecule has 17 saturated carbocycles. The fourth-order valence-electron chi connectivity index (χ4n) is 35.8. The van der Waals surface area contributed by atoms with Crippen LogP contribution in [-0.4, -0.2) is 88.1 Å². The van der Waals surface area contributed by atoms with Crippen LogP contribution in [0.5, 0.6) is 0 Å². The summed E-state index contributed by atoms with van der Waals surface area (Å²) < 4.78 is 43.3. The van der Waals surface area contributed by atoms with E-state index in [4.69, 9.17) is 33.2 Å². The van der Waals surface area contributed by atoms with E-state index in [1.165, 1.54) is 200 Å². The van der Waals surface area contributed by atoms with E-state index >= 15 is 0 Å². The monoisotopic (exact) mass is 1830 g/mol. The fourth-order valence-corrected chi connectivity index (χ4v) is 35.8. The number of carbonyl (C=O) groups is 5. The van der Waals surface area contributed by atoms with Gasteiger partial charge in [0.1, 0.15) is 28.5 Å². The van der Waals surface area contributed by atoms with Crippen LogP contribution in [0.2, 0.25) is 0 Å². The summed E-state index contributed by atoms with van der Waals surface area (Å²) in [6.45, 7) is 31.9. The number of fused-ring (bicyclic) bond motifs is 20. The third-order valence-corrected chi connectivity index (χ3v) is 41.1. The molecule has 17 aliphatic carbocycles. The quantitative estimate of drug-likeness (QED) is 0.0514. The topological polar surface area (TPSA) is 170 Å². The molecule has 0 amide bonds. The second-order valence-corrected chi connectivity index (χ2v) is 46.6. The summed E-state index contributed by atoms with van der Waals surface area (Å²) in [4.78, 5) is 64.4. The first-order valence-corrected chi connectivity index (χ1v) is 53.9. The van der Waals surface area contributed by atoms with Gasteiger partial charge in [0.2, 0.25) is 0 Å². The molecule has 1 heterocycles. The van der Waals surface area contributed by atoms with Gasteiger partial charge in [-0.2, -0.15) is 0 Å². The Bertz CT molecular complexity index is 3380. The molecule has 33 atom stereocenters. The molecule has 1 saturated heterocycles. The van der Waals surface area contributed by atoms with E-state index in [0.29, 0.717) is 41.9 Å². The molecule has 130 heavy (non-hydrogen) atoms. The predicted molar refractivity (Wildman–Crippen MR) is 538 cm³/mol. The van der Waals surface area contributed by atoms with E-state index in [0.717, 1.165) is 258 Å². The summed E-state index contributed by atoms with van der Waals surface area (Å²) in [7, 11) is 0. The van der Waals surface area contributed by atoms with Gasteiger partial charge in [0.05, 0.1) is 36.9 Å². The molecular formula is C117H212O13. The van der Waals surface area contributed by atoms with Crippen molar-refractivity contribution in [3.8, 4) is 0 Å². The first-order valence-electron chi connectivity index (χ1n) is 53.9. The average Bonchev–Trinajstić information content (AvgIpc) is 1.58. The number of esters is 5. The van der Waals surface area contributed by atoms with Crippen LogP contribution in [0.1, 0.15) is 484 Å². The summed E-state index contributed by atoms with van der Waals surface area (Å²) in [6, 6.07) is 0. The molecule has 8 bridgehead atoms. The summed E-state index contributed by atoms with van der Waals surface area (Å²) in [6.07, 6.45) is 57.9.